The predicted molar refractivity (Wildman–Crippen MR) is 100 cm³/mol. The van der Waals surface area contributed by atoms with Gasteiger partial charge < -0.3 is 15.0 Å². The molecular weight excluding hydrogens is 298 g/mol. The van der Waals surface area contributed by atoms with E-state index < -0.39 is 0 Å². The Morgan fingerprint density at radius 2 is 1.92 bits per heavy atom. The molecule has 1 aromatic heterocycles. The summed E-state index contributed by atoms with van der Waals surface area (Å²) in [6, 6.07) is 4.82. The third-order valence-electron chi connectivity index (χ3n) is 5.22. The van der Waals surface area contributed by atoms with Crippen LogP contribution in [0.15, 0.2) is 12.1 Å². The molecule has 0 radical (unpaired) electrons. The Balaban J connectivity index is 1.82. The van der Waals surface area contributed by atoms with Gasteiger partial charge in [-0.3, -0.25) is 4.90 Å². The number of hydrogen-bond acceptors (Lipinski definition) is 3. The SMILES string of the molecule is Cc1c(CCCN)c2cc3c(cc2n1C)CN(CCOC(C)C)C3. The normalized spacial score (nSPS) is 14.9. The molecule has 0 unspecified atom stereocenters. The molecule has 1 aromatic carbocycles. The maximum atomic E-state index is 5.73. The van der Waals surface area contributed by atoms with Crippen molar-refractivity contribution >= 4 is 10.9 Å². The molecule has 0 atom stereocenters. The van der Waals surface area contributed by atoms with Crippen LogP contribution in [0, 0.1) is 6.92 Å². The van der Waals surface area contributed by atoms with Crippen molar-refractivity contribution < 1.29 is 4.74 Å². The summed E-state index contributed by atoms with van der Waals surface area (Å²) >= 11 is 0. The highest BCUT2D eigenvalue weighted by Gasteiger charge is 2.22. The van der Waals surface area contributed by atoms with E-state index >= 15 is 0 Å². The van der Waals surface area contributed by atoms with E-state index in [1.165, 1.54) is 33.3 Å². The lowest BCUT2D eigenvalue weighted by atomic mass is 10.0. The largest absolute Gasteiger partial charge is 0.377 e. The highest BCUT2D eigenvalue weighted by molar-refractivity contribution is 5.87. The summed E-state index contributed by atoms with van der Waals surface area (Å²) in [6.07, 6.45) is 2.44. The topological polar surface area (TPSA) is 43.4 Å². The van der Waals surface area contributed by atoms with Crippen LogP contribution in [0.2, 0.25) is 0 Å². The maximum absolute atomic E-state index is 5.73. The first-order valence-electron chi connectivity index (χ1n) is 9.15. The van der Waals surface area contributed by atoms with Crippen LogP contribution in [0.4, 0.5) is 0 Å². The first-order chi connectivity index (χ1) is 11.5. The van der Waals surface area contributed by atoms with Crippen molar-refractivity contribution in [2.24, 2.45) is 12.8 Å². The molecule has 132 valence electrons. The molecule has 4 heteroatoms. The van der Waals surface area contributed by atoms with Crippen LogP contribution < -0.4 is 5.73 Å². The number of hydrogen-bond donors (Lipinski definition) is 1. The number of fused-ring (bicyclic) bond motifs is 2. The molecule has 2 aromatic rings. The number of aryl methyl sites for hydroxylation is 2. The Morgan fingerprint density at radius 1 is 1.21 bits per heavy atom. The van der Waals surface area contributed by atoms with Gasteiger partial charge in [0.2, 0.25) is 0 Å². The molecule has 24 heavy (non-hydrogen) atoms. The minimum absolute atomic E-state index is 0.311. The third kappa shape index (κ3) is 3.37. The number of aromatic nitrogens is 1. The number of benzene rings is 1. The van der Waals surface area contributed by atoms with E-state index in [-0.39, 0.29) is 0 Å². The summed E-state index contributed by atoms with van der Waals surface area (Å²) in [6.45, 7) is 11.1. The predicted octanol–water partition coefficient (Wildman–Crippen LogP) is 3.12. The fourth-order valence-corrected chi connectivity index (χ4v) is 3.78. The van der Waals surface area contributed by atoms with Gasteiger partial charge in [0.25, 0.3) is 0 Å². The summed E-state index contributed by atoms with van der Waals surface area (Å²) in [5.74, 6) is 0. The van der Waals surface area contributed by atoms with Gasteiger partial charge in [0.15, 0.2) is 0 Å². The van der Waals surface area contributed by atoms with E-state index in [1.54, 1.807) is 0 Å². The Kier molecular flexibility index (Phi) is 5.28. The highest BCUT2D eigenvalue weighted by atomic mass is 16.5. The van der Waals surface area contributed by atoms with Gasteiger partial charge in [0, 0.05) is 43.3 Å². The first-order valence-corrected chi connectivity index (χ1v) is 9.15. The molecule has 1 aliphatic heterocycles. The van der Waals surface area contributed by atoms with Gasteiger partial charge in [0.1, 0.15) is 0 Å². The number of ether oxygens (including phenoxy) is 1. The second-order valence-corrected chi connectivity index (χ2v) is 7.28. The van der Waals surface area contributed by atoms with Gasteiger partial charge in [-0.25, -0.2) is 0 Å². The Hall–Kier alpha value is -1.36. The van der Waals surface area contributed by atoms with Gasteiger partial charge >= 0.3 is 0 Å². The van der Waals surface area contributed by atoms with Crippen molar-refractivity contribution in [3.63, 3.8) is 0 Å². The summed E-state index contributed by atoms with van der Waals surface area (Å²) in [7, 11) is 2.18. The lowest BCUT2D eigenvalue weighted by Gasteiger charge is -2.15. The number of nitrogens with zero attached hydrogens (tertiary/aromatic N) is 2. The minimum Gasteiger partial charge on any atom is -0.377 e. The van der Waals surface area contributed by atoms with Crippen LogP contribution in [0.5, 0.6) is 0 Å². The molecule has 0 amide bonds. The molecule has 0 aliphatic carbocycles. The van der Waals surface area contributed by atoms with E-state index in [2.05, 4.69) is 49.4 Å². The lowest BCUT2D eigenvalue weighted by Crippen LogP contribution is -2.23. The van der Waals surface area contributed by atoms with Crippen LogP contribution >= 0.6 is 0 Å². The molecule has 2 heterocycles. The van der Waals surface area contributed by atoms with Gasteiger partial charge in [-0.05, 0) is 69.0 Å². The summed E-state index contributed by atoms with van der Waals surface area (Å²) in [5.41, 5.74) is 12.9. The van der Waals surface area contributed by atoms with Crippen LogP contribution in [-0.2, 0) is 31.3 Å². The molecule has 0 bridgehead atoms. The van der Waals surface area contributed by atoms with Gasteiger partial charge in [-0.15, -0.1) is 0 Å². The Labute approximate surface area is 145 Å². The smallest absolute Gasteiger partial charge is 0.0597 e. The zero-order valence-corrected chi connectivity index (χ0v) is 15.6. The van der Waals surface area contributed by atoms with Gasteiger partial charge in [0.05, 0.1) is 12.7 Å². The zero-order chi connectivity index (χ0) is 17.3. The fourth-order valence-electron chi connectivity index (χ4n) is 3.78. The second kappa shape index (κ2) is 7.26. The van der Waals surface area contributed by atoms with E-state index in [9.17, 15) is 0 Å². The average Bonchev–Trinajstić information content (AvgIpc) is 3.03. The quantitative estimate of drug-likeness (QED) is 0.849. The first kappa shape index (κ1) is 17.5. The van der Waals surface area contributed by atoms with E-state index in [4.69, 9.17) is 10.5 Å². The van der Waals surface area contributed by atoms with Crippen molar-refractivity contribution in [1.29, 1.82) is 0 Å². The Morgan fingerprint density at radius 3 is 2.58 bits per heavy atom. The molecule has 0 spiro atoms. The van der Waals surface area contributed by atoms with Crippen LogP contribution in [0.3, 0.4) is 0 Å². The zero-order valence-electron chi connectivity index (χ0n) is 15.6. The van der Waals surface area contributed by atoms with Crippen LogP contribution in [0.1, 0.15) is 42.7 Å². The molecule has 0 saturated heterocycles. The maximum Gasteiger partial charge on any atom is 0.0597 e. The summed E-state index contributed by atoms with van der Waals surface area (Å²) in [4.78, 5) is 2.48. The van der Waals surface area contributed by atoms with Gasteiger partial charge in [-0.2, -0.15) is 0 Å². The lowest BCUT2D eigenvalue weighted by molar-refractivity contribution is 0.0584. The molecule has 2 N–H and O–H groups in total. The van der Waals surface area contributed by atoms with Crippen molar-refractivity contribution in [2.75, 3.05) is 19.7 Å². The third-order valence-corrected chi connectivity index (χ3v) is 5.22. The molecular formula is C20H31N3O. The second-order valence-electron chi connectivity index (χ2n) is 7.28. The van der Waals surface area contributed by atoms with E-state index in [0.29, 0.717) is 6.10 Å². The molecule has 0 saturated carbocycles. The highest BCUT2D eigenvalue weighted by Crippen LogP contribution is 2.32. The minimum atomic E-state index is 0.311. The van der Waals surface area contributed by atoms with Crippen LogP contribution in [-0.4, -0.2) is 35.3 Å². The van der Waals surface area contributed by atoms with Crippen molar-refractivity contribution in [3.8, 4) is 0 Å². The summed E-state index contributed by atoms with van der Waals surface area (Å²) < 4.78 is 8.04. The van der Waals surface area contributed by atoms with Crippen molar-refractivity contribution in [2.45, 2.75) is 52.8 Å². The summed E-state index contributed by atoms with van der Waals surface area (Å²) in [5, 5.41) is 1.42. The van der Waals surface area contributed by atoms with Crippen molar-refractivity contribution in [3.05, 3.63) is 34.5 Å². The van der Waals surface area contributed by atoms with Crippen LogP contribution in [0.25, 0.3) is 10.9 Å². The number of nitrogens with two attached hydrogens (primary N) is 1. The standard InChI is InChI=1S/C20H31N3O/c1-14(2)24-9-8-23-12-16-10-19-18(6-5-7-21)15(3)22(4)20(19)11-17(16)13-23/h10-11,14H,5-9,12-13,21H2,1-4H3. The molecule has 4 nitrogen and oxygen atoms in total. The van der Waals surface area contributed by atoms with E-state index in [1.807, 2.05) is 0 Å². The van der Waals surface area contributed by atoms with Crippen molar-refractivity contribution in [1.82, 2.24) is 9.47 Å². The van der Waals surface area contributed by atoms with Gasteiger partial charge in [-0.1, -0.05) is 0 Å². The average molecular weight is 329 g/mol. The molecule has 3 rings (SSSR count). The molecule has 0 fully saturated rings. The monoisotopic (exact) mass is 329 g/mol. The fraction of sp³-hybridized carbons (Fsp3) is 0.600. The van der Waals surface area contributed by atoms with E-state index in [0.717, 1.165) is 45.6 Å². The molecule has 1 aliphatic rings. The Bertz CT molecular complexity index is 717. The number of rotatable bonds is 7.